The van der Waals surface area contributed by atoms with Crippen molar-refractivity contribution in [1.82, 2.24) is 15.5 Å². The Kier molecular flexibility index (Phi) is 11.3. The molecule has 5 nitrogen and oxygen atoms in total. The Bertz CT molecular complexity index is 577. The Morgan fingerprint density at radius 3 is 2.50 bits per heavy atom. The Hall–Kier alpha value is -1.31. The largest absolute Gasteiger partial charge is 0.356 e. The molecule has 0 fully saturated rings. The molecule has 2 N–H and O–H groups in total. The van der Waals surface area contributed by atoms with Gasteiger partial charge in [0.1, 0.15) is 0 Å². The maximum atomic E-state index is 12.4. The summed E-state index contributed by atoms with van der Waals surface area (Å²) < 4.78 is 0. The summed E-state index contributed by atoms with van der Waals surface area (Å²) >= 11 is 0. The van der Waals surface area contributed by atoms with Gasteiger partial charge in [0.15, 0.2) is 5.96 Å². The van der Waals surface area contributed by atoms with E-state index in [2.05, 4.69) is 46.8 Å². The average Bonchev–Trinajstić information content (AvgIpc) is 2.66. The highest BCUT2D eigenvalue weighted by atomic mass is 127. The molecule has 0 aromatic heterocycles. The summed E-state index contributed by atoms with van der Waals surface area (Å²) in [6.07, 6.45) is 5.99. The van der Waals surface area contributed by atoms with Crippen LogP contribution in [0.1, 0.15) is 50.2 Å². The van der Waals surface area contributed by atoms with Gasteiger partial charge in [0.2, 0.25) is 5.91 Å². The van der Waals surface area contributed by atoms with Crippen molar-refractivity contribution in [3.63, 3.8) is 0 Å². The third kappa shape index (κ3) is 7.51. The first-order valence-electron chi connectivity index (χ1n) is 9.53. The molecule has 0 radical (unpaired) electrons. The van der Waals surface area contributed by atoms with Crippen LogP contribution in [-0.2, 0) is 17.8 Å². The second kappa shape index (κ2) is 12.9. The van der Waals surface area contributed by atoms with Crippen molar-refractivity contribution in [2.24, 2.45) is 4.99 Å². The Labute approximate surface area is 175 Å². The van der Waals surface area contributed by atoms with Gasteiger partial charge in [-0.2, -0.15) is 0 Å². The number of nitrogens with zero attached hydrogens (tertiary/aromatic N) is 2. The van der Waals surface area contributed by atoms with Crippen LogP contribution in [0.2, 0.25) is 0 Å². The van der Waals surface area contributed by atoms with E-state index in [0.717, 1.165) is 51.4 Å². The van der Waals surface area contributed by atoms with E-state index in [0.29, 0.717) is 6.42 Å². The van der Waals surface area contributed by atoms with E-state index in [9.17, 15) is 4.79 Å². The lowest BCUT2D eigenvalue weighted by molar-refractivity contribution is -0.132. The van der Waals surface area contributed by atoms with Crippen LogP contribution in [-0.4, -0.2) is 43.4 Å². The highest BCUT2D eigenvalue weighted by molar-refractivity contribution is 14.0. The fourth-order valence-corrected chi connectivity index (χ4v) is 3.12. The summed E-state index contributed by atoms with van der Waals surface area (Å²) in [6, 6.07) is 8.42. The van der Waals surface area contributed by atoms with Crippen molar-refractivity contribution in [3.05, 3.63) is 35.4 Å². The summed E-state index contributed by atoms with van der Waals surface area (Å²) in [5.74, 6) is 1.08. The van der Waals surface area contributed by atoms with Gasteiger partial charge in [-0.25, -0.2) is 0 Å². The molecule has 0 aliphatic carbocycles. The van der Waals surface area contributed by atoms with Crippen molar-refractivity contribution in [1.29, 1.82) is 0 Å². The highest BCUT2D eigenvalue weighted by Gasteiger charge is 2.19. The predicted molar refractivity (Wildman–Crippen MR) is 119 cm³/mol. The molecule has 0 bridgehead atoms. The first-order valence-corrected chi connectivity index (χ1v) is 9.53. The molecule has 1 aliphatic heterocycles. The maximum Gasteiger partial charge on any atom is 0.222 e. The fourth-order valence-electron chi connectivity index (χ4n) is 3.12. The van der Waals surface area contributed by atoms with Gasteiger partial charge in [0.05, 0.1) is 0 Å². The Balaban J connectivity index is 0.00000338. The molecule has 0 saturated heterocycles. The van der Waals surface area contributed by atoms with Crippen LogP contribution in [0, 0.1) is 0 Å². The molecule has 2 rings (SSSR count). The molecule has 146 valence electrons. The summed E-state index contributed by atoms with van der Waals surface area (Å²) in [7, 11) is 1.78. The van der Waals surface area contributed by atoms with E-state index in [4.69, 9.17) is 0 Å². The second-order valence-electron chi connectivity index (χ2n) is 6.57. The lowest BCUT2D eigenvalue weighted by Crippen LogP contribution is -2.39. The molecule has 26 heavy (non-hydrogen) atoms. The number of halogens is 1. The van der Waals surface area contributed by atoms with Crippen LogP contribution in [0.15, 0.2) is 29.3 Å². The number of carbonyl (C=O) groups is 1. The van der Waals surface area contributed by atoms with Crippen molar-refractivity contribution in [3.8, 4) is 0 Å². The van der Waals surface area contributed by atoms with Crippen LogP contribution in [0.25, 0.3) is 0 Å². The standard InChI is InChI=1S/C20H32N4O.HI/c1-3-4-7-13-22-20(21-2)23-14-8-11-19(25)24-15-12-17-9-5-6-10-18(17)16-24;/h5-6,9-10H,3-4,7-8,11-16H2,1-2H3,(H2,21,22,23);1H. The molecule has 0 spiro atoms. The summed E-state index contributed by atoms with van der Waals surface area (Å²) in [5.41, 5.74) is 2.67. The Morgan fingerprint density at radius 2 is 1.81 bits per heavy atom. The first-order chi connectivity index (χ1) is 12.2. The van der Waals surface area contributed by atoms with E-state index in [-0.39, 0.29) is 29.9 Å². The Morgan fingerprint density at radius 1 is 1.12 bits per heavy atom. The zero-order valence-corrected chi connectivity index (χ0v) is 18.4. The number of aliphatic imine (C=N–C) groups is 1. The van der Waals surface area contributed by atoms with Crippen molar-refractivity contribution < 1.29 is 4.79 Å². The van der Waals surface area contributed by atoms with Crippen LogP contribution in [0.4, 0.5) is 0 Å². The summed E-state index contributed by atoms with van der Waals surface area (Å²) in [6.45, 7) is 5.50. The van der Waals surface area contributed by atoms with Gasteiger partial charge in [-0.1, -0.05) is 44.0 Å². The van der Waals surface area contributed by atoms with E-state index in [1.807, 2.05) is 4.90 Å². The molecule has 1 heterocycles. The summed E-state index contributed by atoms with van der Waals surface area (Å²) in [4.78, 5) is 18.6. The quantitative estimate of drug-likeness (QED) is 0.264. The van der Waals surface area contributed by atoms with Crippen molar-refractivity contribution in [2.75, 3.05) is 26.7 Å². The lowest BCUT2D eigenvalue weighted by Gasteiger charge is -2.29. The minimum Gasteiger partial charge on any atom is -0.356 e. The number of amides is 1. The molecule has 1 aliphatic rings. The topological polar surface area (TPSA) is 56.7 Å². The van der Waals surface area contributed by atoms with Gasteiger partial charge < -0.3 is 15.5 Å². The smallest absolute Gasteiger partial charge is 0.222 e. The molecule has 6 heteroatoms. The van der Waals surface area contributed by atoms with Gasteiger partial charge in [0.25, 0.3) is 0 Å². The molecular weight excluding hydrogens is 439 g/mol. The van der Waals surface area contributed by atoms with Crippen molar-refractivity contribution >= 4 is 35.8 Å². The van der Waals surface area contributed by atoms with Crippen molar-refractivity contribution in [2.45, 2.75) is 52.0 Å². The van der Waals surface area contributed by atoms with Crippen LogP contribution in [0.3, 0.4) is 0 Å². The average molecular weight is 472 g/mol. The second-order valence-corrected chi connectivity index (χ2v) is 6.57. The number of rotatable bonds is 8. The number of unbranched alkanes of at least 4 members (excludes halogenated alkanes) is 2. The minimum atomic E-state index is 0. The molecular formula is C20H33IN4O. The van der Waals surface area contributed by atoms with Crippen LogP contribution in [0.5, 0.6) is 0 Å². The number of hydrogen-bond donors (Lipinski definition) is 2. The third-order valence-corrected chi connectivity index (χ3v) is 4.64. The lowest BCUT2D eigenvalue weighted by atomic mass is 9.99. The third-order valence-electron chi connectivity index (χ3n) is 4.64. The molecule has 1 aromatic carbocycles. The predicted octanol–water partition coefficient (Wildman–Crippen LogP) is 3.32. The van der Waals surface area contributed by atoms with E-state index in [1.54, 1.807) is 7.05 Å². The normalized spacial score (nSPS) is 13.6. The van der Waals surface area contributed by atoms with Gasteiger partial charge in [-0.15, -0.1) is 24.0 Å². The van der Waals surface area contributed by atoms with Gasteiger partial charge in [-0.3, -0.25) is 9.79 Å². The van der Waals surface area contributed by atoms with E-state index in [1.165, 1.54) is 24.0 Å². The van der Waals surface area contributed by atoms with Crippen LogP contribution < -0.4 is 10.6 Å². The van der Waals surface area contributed by atoms with E-state index < -0.39 is 0 Å². The minimum absolute atomic E-state index is 0. The monoisotopic (exact) mass is 472 g/mol. The molecule has 0 unspecified atom stereocenters. The highest BCUT2D eigenvalue weighted by Crippen LogP contribution is 2.19. The molecule has 0 saturated carbocycles. The fraction of sp³-hybridized carbons (Fsp3) is 0.600. The van der Waals surface area contributed by atoms with E-state index >= 15 is 0 Å². The number of hydrogen-bond acceptors (Lipinski definition) is 2. The first kappa shape index (κ1) is 22.7. The zero-order valence-electron chi connectivity index (χ0n) is 16.1. The van der Waals surface area contributed by atoms with Gasteiger partial charge in [0, 0.05) is 39.6 Å². The molecule has 0 atom stereocenters. The number of benzene rings is 1. The molecule has 1 amide bonds. The number of guanidine groups is 1. The SMILES string of the molecule is CCCCCNC(=NC)NCCCC(=O)N1CCc2ccccc2C1.I. The number of carbonyl (C=O) groups excluding carboxylic acids is 1. The molecule has 1 aromatic rings. The zero-order chi connectivity index (χ0) is 17.9. The number of fused-ring (bicyclic) bond motifs is 1. The van der Waals surface area contributed by atoms with Gasteiger partial charge >= 0.3 is 0 Å². The number of nitrogens with one attached hydrogen (secondary N) is 2. The maximum absolute atomic E-state index is 12.4. The van der Waals surface area contributed by atoms with Gasteiger partial charge in [-0.05, 0) is 30.4 Å². The summed E-state index contributed by atoms with van der Waals surface area (Å²) in [5, 5.41) is 6.60. The van der Waals surface area contributed by atoms with Crippen LogP contribution >= 0.6 is 24.0 Å².